The zero-order valence-corrected chi connectivity index (χ0v) is 16.7. The summed E-state index contributed by atoms with van der Waals surface area (Å²) in [5.41, 5.74) is 0. The monoisotopic (exact) mass is 364 g/mol. The van der Waals surface area contributed by atoms with Gasteiger partial charge in [-0.3, -0.25) is 4.55 Å². The summed E-state index contributed by atoms with van der Waals surface area (Å²) in [6.45, 7) is 3.60. The molecule has 4 nitrogen and oxygen atoms in total. The molecule has 2 atom stereocenters. The van der Waals surface area contributed by atoms with Crippen molar-refractivity contribution in [2.45, 2.75) is 122 Å². The van der Waals surface area contributed by atoms with Crippen LogP contribution in [0.5, 0.6) is 0 Å². The van der Waals surface area contributed by atoms with Crippen LogP contribution in [0.3, 0.4) is 0 Å². The predicted octanol–water partition coefficient (Wildman–Crippen LogP) is 5.50. The largest absolute Gasteiger partial charge is 0.392 e. The first-order valence-electron chi connectivity index (χ1n) is 10.0. The van der Waals surface area contributed by atoms with Gasteiger partial charge in [-0.2, -0.15) is 8.42 Å². The lowest BCUT2D eigenvalue weighted by atomic mass is 10.0. The number of rotatable bonds is 17. The van der Waals surface area contributed by atoms with Crippen molar-refractivity contribution in [3.8, 4) is 0 Å². The van der Waals surface area contributed by atoms with Gasteiger partial charge in [0.25, 0.3) is 10.1 Å². The van der Waals surface area contributed by atoms with Crippen molar-refractivity contribution in [1.29, 1.82) is 0 Å². The second-order valence-electron chi connectivity index (χ2n) is 7.17. The molecule has 0 aromatic carbocycles. The molecule has 2 unspecified atom stereocenters. The first kappa shape index (κ1) is 23.9. The summed E-state index contributed by atoms with van der Waals surface area (Å²) < 4.78 is 30.7. The molecule has 0 bridgehead atoms. The average molecular weight is 365 g/mol. The maximum atomic E-state index is 10.9. The minimum Gasteiger partial charge on any atom is -0.392 e. The highest BCUT2D eigenvalue weighted by molar-refractivity contribution is 7.86. The molecule has 146 valence electrons. The number of unbranched alkanes of at least 4 members (excludes halogenated alkanes) is 13. The van der Waals surface area contributed by atoms with Crippen LogP contribution >= 0.6 is 0 Å². The van der Waals surface area contributed by atoms with Crippen LogP contribution in [0.1, 0.15) is 110 Å². The van der Waals surface area contributed by atoms with E-state index < -0.39 is 21.5 Å². The molecule has 0 rings (SSSR count). The Morgan fingerprint density at radius 3 is 1.38 bits per heavy atom. The van der Waals surface area contributed by atoms with Gasteiger partial charge in [-0.1, -0.05) is 96.8 Å². The fourth-order valence-electron chi connectivity index (χ4n) is 2.98. The molecule has 0 fully saturated rings. The summed E-state index contributed by atoms with van der Waals surface area (Å²) in [5, 5.41) is 8.62. The molecule has 0 radical (unpaired) electrons. The van der Waals surface area contributed by atoms with Gasteiger partial charge in [-0.05, 0) is 13.3 Å². The molecular formula is C19H40O4S. The van der Waals surface area contributed by atoms with E-state index in [0.29, 0.717) is 6.42 Å². The van der Waals surface area contributed by atoms with Crippen LogP contribution in [0.4, 0.5) is 0 Å². The molecule has 24 heavy (non-hydrogen) atoms. The first-order chi connectivity index (χ1) is 11.4. The van der Waals surface area contributed by atoms with Gasteiger partial charge < -0.3 is 5.11 Å². The topological polar surface area (TPSA) is 74.6 Å². The molecular weight excluding hydrogens is 324 g/mol. The number of hydrogen-bond donors (Lipinski definition) is 2. The Labute approximate surface area is 150 Å². The van der Waals surface area contributed by atoms with Crippen molar-refractivity contribution < 1.29 is 18.1 Å². The zero-order chi connectivity index (χ0) is 18.3. The third-order valence-electron chi connectivity index (χ3n) is 4.87. The van der Waals surface area contributed by atoms with Gasteiger partial charge in [-0.25, -0.2) is 0 Å². The number of aliphatic hydroxyl groups is 1. The average Bonchev–Trinajstić information content (AvgIpc) is 2.53. The summed E-state index contributed by atoms with van der Waals surface area (Å²) in [5.74, 6) is 0. The van der Waals surface area contributed by atoms with E-state index in [1.54, 1.807) is 0 Å². The molecule has 0 aliphatic rings. The SMILES string of the molecule is CCCCCCCCCCCCCCCCC(O)C(C)S(=O)(=O)O. The molecule has 0 aromatic heterocycles. The summed E-state index contributed by atoms with van der Waals surface area (Å²) in [4.78, 5) is 0. The van der Waals surface area contributed by atoms with Gasteiger partial charge in [-0.15, -0.1) is 0 Å². The lowest BCUT2D eigenvalue weighted by Gasteiger charge is -2.15. The summed E-state index contributed by atoms with van der Waals surface area (Å²) in [6.07, 6.45) is 17.3. The van der Waals surface area contributed by atoms with Crippen LogP contribution in [0.25, 0.3) is 0 Å². The summed E-state index contributed by atoms with van der Waals surface area (Å²) >= 11 is 0. The third-order valence-corrected chi connectivity index (χ3v) is 6.12. The molecule has 0 heterocycles. The van der Waals surface area contributed by atoms with E-state index in [9.17, 15) is 13.5 Å². The Morgan fingerprint density at radius 2 is 1.04 bits per heavy atom. The second kappa shape index (κ2) is 15.2. The Kier molecular flexibility index (Phi) is 15.1. The molecule has 0 aromatic rings. The molecule has 2 N–H and O–H groups in total. The van der Waals surface area contributed by atoms with E-state index >= 15 is 0 Å². The molecule has 0 aliphatic carbocycles. The standard InChI is InChI=1S/C19H40O4S/c1-3-4-5-6-7-8-9-10-11-12-13-14-15-16-17-19(20)18(2)24(21,22)23/h18-20H,3-17H2,1-2H3,(H,21,22,23). The van der Waals surface area contributed by atoms with E-state index in [2.05, 4.69) is 6.92 Å². The Morgan fingerprint density at radius 1 is 0.708 bits per heavy atom. The van der Waals surface area contributed by atoms with Gasteiger partial charge >= 0.3 is 0 Å². The molecule has 0 spiro atoms. The van der Waals surface area contributed by atoms with E-state index in [1.807, 2.05) is 0 Å². The molecule has 0 saturated heterocycles. The second-order valence-corrected chi connectivity index (χ2v) is 8.95. The van der Waals surface area contributed by atoms with Gasteiger partial charge in [0, 0.05) is 0 Å². The number of aliphatic hydroxyl groups excluding tert-OH is 1. The van der Waals surface area contributed by atoms with Crippen LogP contribution in [-0.4, -0.2) is 29.4 Å². The minimum absolute atomic E-state index is 0.443. The zero-order valence-electron chi connectivity index (χ0n) is 15.9. The first-order valence-corrected chi connectivity index (χ1v) is 11.5. The van der Waals surface area contributed by atoms with Crippen molar-refractivity contribution in [3.63, 3.8) is 0 Å². The molecule has 5 heteroatoms. The van der Waals surface area contributed by atoms with Crippen LogP contribution in [0.2, 0.25) is 0 Å². The van der Waals surface area contributed by atoms with Crippen LogP contribution in [0.15, 0.2) is 0 Å². The van der Waals surface area contributed by atoms with Gasteiger partial charge in [0.2, 0.25) is 0 Å². The Bertz CT molecular complexity index is 368. The third kappa shape index (κ3) is 14.2. The predicted molar refractivity (Wildman–Crippen MR) is 102 cm³/mol. The molecule has 0 amide bonds. The van der Waals surface area contributed by atoms with E-state index in [0.717, 1.165) is 19.3 Å². The van der Waals surface area contributed by atoms with Crippen molar-refractivity contribution >= 4 is 10.1 Å². The van der Waals surface area contributed by atoms with E-state index in [4.69, 9.17) is 4.55 Å². The minimum atomic E-state index is -4.12. The lowest BCUT2D eigenvalue weighted by molar-refractivity contribution is 0.155. The van der Waals surface area contributed by atoms with Crippen LogP contribution < -0.4 is 0 Å². The van der Waals surface area contributed by atoms with E-state index in [-0.39, 0.29) is 0 Å². The maximum Gasteiger partial charge on any atom is 0.270 e. The highest BCUT2D eigenvalue weighted by atomic mass is 32.2. The van der Waals surface area contributed by atoms with Crippen molar-refractivity contribution in [1.82, 2.24) is 0 Å². The van der Waals surface area contributed by atoms with Crippen molar-refractivity contribution in [3.05, 3.63) is 0 Å². The molecule has 0 aliphatic heterocycles. The molecule has 0 saturated carbocycles. The van der Waals surface area contributed by atoms with Crippen LogP contribution in [0, 0.1) is 0 Å². The van der Waals surface area contributed by atoms with Crippen molar-refractivity contribution in [2.24, 2.45) is 0 Å². The fraction of sp³-hybridized carbons (Fsp3) is 1.00. The van der Waals surface area contributed by atoms with Crippen LogP contribution in [-0.2, 0) is 10.1 Å². The Balaban J connectivity index is 3.28. The lowest BCUT2D eigenvalue weighted by Crippen LogP contribution is -2.30. The van der Waals surface area contributed by atoms with Gasteiger partial charge in [0.1, 0.15) is 5.25 Å². The Hall–Kier alpha value is -0.130. The normalized spacial score (nSPS) is 14.7. The summed E-state index contributed by atoms with van der Waals surface area (Å²) in [6, 6.07) is 0. The highest BCUT2D eigenvalue weighted by Gasteiger charge is 2.25. The fourth-order valence-corrected chi connectivity index (χ4v) is 3.51. The quantitative estimate of drug-likeness (QED) is 0.264. The maximum absolute atomic E-state index is 10.9. The van der Waals surface area contributed by atoms with Gasteiger partial charge in [0.15, 0.2) is 0 Å². The number of hydrogen-bond acceptors (Lipinski definition) is 3. The summed E-state index contributed by atoms with van der Waals surface area (Å²) in [7, 11) is -4.12. The van der Waals surface area contributed by atoms with E-state index in [1.165, 1.54) is 77.6 Å². The van der Waals surface area contributed by atoms with Gasteiger partial charge in [0.05, 0.1) is 6.10 Å². The van der Waals surface area contributed by atoms with Crippen molar-refractivity contribution in [2.75, 3.05) is 0 Å². The highest BCUT2D eigenvalue weighted by Crippen LogP contribution is 2.15. The smallest absolute Gasteiger partial charge is 0.270 e.